The van der Waals surface area contributed by atoms with Crippen molar-refractivity contribution in [3.8, 4) is 11.5 Å². The summed E-state index contributed by atoms with van der Waals surface area (Å²) < 4.78 is 51.3. The minimum atomic E-state index is -4.02. The van der Waals surface area contributed by atoms with E-state index in [1.807, 2.05) is 6.92 Å². The predicted octanol–water partition coefficient (Wildman–Crippen LogP) is 3.49. The van der Waals surface area contributed by atoms with Gasteiger partial charge >= 0.3 is 0 Å². The fourth-order valence-electron chi connectivity index (χ4n) is 3.19. The largest absolute Gasteiger partial charge is 0.493 e. The second kappa shape index (κ2) is 11.6. The molecule has 8 nitrogen and oxygen atoms in total. The molecule has 10 heteroatoms. The Labute approximate surface area is 204 Å². The standard InChI is InChI=1S/C25H26FN3O5S/c1-18-4-11-22(12-5-18)35(31,32)29(16-19-6-9-21(26)10-7-19)17-25(30)28-27-15-20-8-13-23(33-2)24(14-20)34-3/h4-15H,16-17H2,1-3H3,(H,28,30)/b27-15-. The lowest BCUT2D eigenvalue weighted by atomic mass is 10.2. The lowest BCUT2D eigenvalue weighted by molar-refractivity contribution is -0.121. The number of amides is 1. The van der Waals surface area contributed by atoms with E-state index < -0.39 is 28.3 Å². The zero-order valence-corrected chi connectivity index (χ0v) is 20.4. The van der Waals surface area contributed by atoms with E-state index in [0.29, 0.717) is 22.6 Å². The number of carbonyl (C=O) groups is 1. The van der Waals surface area contributed by atoms with E-state index in [4.69, 9.17) is 9.47 Å². The minimum absolute atomic E-state index is 0.0480. The van der Waals surface area contributed by atoms with Crippen LogP contribution in [0.4, 0.5) is 4.39 Å². The Morgan fingerprint density at radius 2 is 1.66 bits per heavy atom. The van der Waals surface area contributed by atoms with E-state index in [2.05, 4.69) is 10.5 Å². The van der Waals surface area contributed by atoms with Crippen molar-refractivity contribution in [2.24, 2.45) is 5.10 Å². The molecule has 0 saturated heterocycles. The molecule has 0 aromatic heterocycles. The zero-order valence-electron chi connectivity index (χ0n) is 19.6. The third kappa shape index (κ3) is 6.87. The molecule has 0 bridgehead atoms. The molecule has 0 spiro atoms. The van der Waals surface area contributed by atoms with Gasteiger partial charge in [-0.15, -0.1) is 0 Å². The molecule has 0 radical (unpaired) electrons. The molecule has 0 heterocycles. The number of hydrogen-bond acceptors (Lipinski definition) is 6. The molecule has 0 fully saturated rings. The monoisotopic (exact) mass is 499 g/mol. The first-order valence-corrected chi connectivity index (χ1v) is 12.0. The van der Waals surface area contributed by atoms with Crippen LogP contribution in [0.15, 0.2) is 76.7 Å². The van der Waals surface area contributed by atoms with Gasteiger partial charge in [-0.05, 0) is 60.5 Å². The maximum atomic E-state index is 13.3. The third-order valence-corrected chi connectivity index (χ3v) is 6.87. The third-order valence-electron chi connectivity index (χ3n) is 5.06. The van der Waals surface area contributed by atoms with Crippen LogP contribution in [-0.2, 0) is 21.4 Å². The quantitative estimate of drug-likeness (QED) is 0.340. The fourth-order valence-corrected chi connectivity index (χ4v) is 4.57. The lowest BCUT2D eigenvalue weighted by Gasteiger charge is -2.21. The van der Waals surface area contributed by atoms with Gasteiger partial charge in [-0.1, -0.05) is 29.8 Å². The second-order valence-corrected chi connectivity index (χ2v) is 9.56. The van der Waals surface area contributed by atoms with Crippen molar-refractivity contribution in [1.29, 1.82) is 0 Å². The van der Waals surface area contributed by atoms with Crippen LogP contribution >= 0.6 is 0 Å². The molecule has 35 heavy (non-hydrogen) atoms. The molecule has 1 N–H and O–H groups in total. The predicted molar refractivity (Wildman–Crippen MR) is 130 cm³/mol. The van der Waals surface area contributed by atoms with Crippen LogP contribution in [0.3, 0.4) is 0 Å². The van der Waals surface area contributed by atoms with Crippen molar-refractivity contribution in [3.05, 3.63) is 89.2 Å². The molecule has 1 amide bonds. The van der Waals surface area contributed by atoms with Crippen molar-refractivity contribution >= 4 is 22.1 Å². The summed E-state index contributed by atoms with van der Waals surface area (Å²) in [5.41, 5.74) is 4.42. The van der Waals surface area contributed by atoms with Gasteiger partial charge in [0.2, 0.25) is 10.0 Å². The molecular weight excluding hydrogens is 473 g/mol. The van der Waals surface area contributed by atoms with Crippen LogP contribution < -0.4 is 14.9 Å². The topological polar surface area (TPSA) is 97.3 Å². The molecule has 0 saturated carbocycles. The van der Waals surface area contributed by atoms with Crippen LogP contribution in [-0.4, -0.2) is 45.6 Å². The second-order valence-electron chi connectivity index (χ2n) is 7.62. The highest BCUT2D eigenvalue weighted by atomic mass is 32.2. The Hall–Kier alpha value is -3.76. The lowest BCUT2D eigenvalue weighted by Crippen LogP contribution is -2.39. The molecule has 3 aromatic carbocycles. The van der Waals surface area contributed by atoms with Crippen molar-refractivity contribution in [2.75, 3.05) is 20.8 Å². The maximum absolute atomic E-state index is 13.3. The Morgan fingerprint density at radius 1 is 1.00 bits per heavy atom. The van der Waals surface area contributed by atoms with Gasteiger partial charge in [0.25, 0.3) is 5.91 Å². The number of aryl methyl sites for hydroxylation is 1. The Morgan fingerprint density at radius 3 is 2.29 bits per heavy atom. The van der Waals surface area contributed by atoms with E-state index in [0.717, 1.165) is 9.87 Å². The number of nitrogens with zero attached hydrogens (tertiary/aromatic N) is 2. The highest BCUT2D eigenvalue weighted by Crippen LogP contribution is 2.26. The van der Waals surface area contributed by atoms with Gasteiger partial charge in [0.15, 0.2) is 11.5 Å². The van der Waals surface area contributed by atoms with Crippen LogP contribution in [0.5, 0.6) is 11.5 Å². The van der Waals surface area contributed by atoms with E-state index >= 15 is 0 Å². The molecule has 0 aliphatic rings. The molecule has 0 atom stereocenters. The van der Waals surface area contributed by atoms with Crippen LogP contribution in [0.2, 0.25) is 0 Å². The summed E-state index contributed by atoms with van der Waals surface area (Å²) in [5.74, 6) is -0.0349. The summed E-state index contributed by atoms with van der Waals surface area (Å²) in [4.78, 5) is 12.7. The van der Waals surface area contributed by atoms with E-state index in [9.17, 15) is 17.6 Å². The fraction of sp³-hybridized carbons (Fsp3) is 0.200. The van der Waals surface area contributed by atoms with Crippen molar-refractivity contribution < 1.29 is 27.1 Å². The summed E-state index contributed by atoms with van der Waals surface area (Å²) in [6.45, 7) is 1.23. The number of rotatable bonds is 10. The molecular formula is C25H26FN3O5S. The Balaban J connectivity index is 1.77. The number of sulfonamides is 1. The van der Waals surface area contributed by atoms with Gasteiger partial charge in [0.05, 0.1) is 31.9 Å². The van der Waals surface area contributed by atoms with Crippen molar-refractivity contribution in [2.45, 2.75) is 18.4 Å². The highest BCUT2D eigenvalue weighted by molar-refractivity contribution is 7.89. The first-order valence-electron chi connectivity index (χ1n) is 10.6. The van der Waals surface area contributed by atoms with Gasteiger partial charge in [-0.2, -0.15) is 9.41 Å². The van der Waals surface area contributed by atoms with Gasteiger partial charge in [-0.3, -0.25) is 4.79 Å². The maximum Gasteiger partial charge on any atom is 0.255 e. The number of carbonyl (C=O) groups excluding carboxylic acids is 1. The number of halogens is 1. The van der Waals surface area contributed by atoms with Gasteiger partial charge in [-0.25, -0.2) is 18.2 Å². The first-order chi connectivity index (χ1) is 16.7. The normalized spacial score (nSPS) is 11.6. The van der Waals surface area contributed by atoms with Gasteiger partial charge in [0.1, 0.15) is 5.82 Å². The average Bonchev–Trinajstić information content (AvgIpc) is 2.85. The van der Waals surface area contributed by atoms with Gasteiger partial charge in [0, 0.05) is 6.54 Å². The molecule has 184 valence electrons. The Bertz CT molecular complexity index is 1290. The Kier molecular flexibility index (Phi) is 8.56. The molecule has 3 rings (SSSR count). The molecule has 0 aliphatic carbocycles. The highest BCUT2D eigenvalue weighted by Gasteiger charge is 2.27. The van der Waals surface area contributed by atoms with Crippen LogP contribution in [0, 0.1) is 12.7 Å². The van der Waals surface area contributed by atoms with Crippen LogP contribution in [0.1, 0.15) is 16.7 Å². The molecule has 0 aliphatic heterocycles. The summed E-state index contributed by atoms with van der Waals surface area (Å²) in [6, 6.07) is 16.8. The van der Waals surface area contributed by atoms with Crippen molar-refractivity contribution in [1.82, 2.24) is 9.73 Å². The number of ether oxygens (including phenoxy) is 2. The first kappa shape index (κ1) is 25.9. The zero-order chi connectivity index (χ0) is 25.4. The van der Waals surface area contributed by atoms with E-state index in [1.165, 1.54) is 56.8 Å². The van der Waals surface area contributed by atoms with Gasteiger partial charge < -0.3 is 9.47 Å². The molecule has 3 aromatic rings. The molecule has 0 unspecified atom stereocenters. The van der Waals surface area contributed by atoms with E-state index in [-0.39, 0.29) is 11.4 Å². The summed E-state index contributed by atoms with van der Waals surface area (Å²) in [5, 5.41) is 3.92. The number of nitrogens with one attached hydrogen (secondary N) is 1. The van der Waals surface area contributed by atoms with Crippen molar-refractivity contribution in [3.63, 3.8) is 0 Å². The summed E-state index contributed by atoms with van der Waals surface area (Å²) in [7, 11) is -0.992. The number of methoxy groups -OCH3 is 2. The number of benzene rings is 3. The number of hydrazone groups is 1. The van der Waals surface area contributed by atoms with E-state index in [1.54, 1.807) is 30.3 Å². The smallest absolute Gasteiger partial charge is 0.255 e. The SMILES string of the molecule is COc1ccc(/C=N\NC(=O)CN(Cc2ccc(F)cc2)S(=O)(=O)c2ccc(C)cc2)cc1OC. The summed E-state index contributed by atoms with van der Waals surface area (Å²) >= 11 is 0. The summed E-state index contributed by atoms with van der Waals surface area (Å²) in [6.07, 6.45) is 1.40. The van der Waals surface area contributed by atoms with Crippen LogP contribution in [0.25, 0.3) is 0 Å². The average molecular weight is 500 g/mol. The minimum Gasteiger partial charge on any atom is -0.493 e. The number of hydrogen-bond donors (Lipinski definition) is 1.